The maximum atomic E-state index is 12.8. The third-order valence-electron chi connectivity index (χ3n) is 6.21. The molecule has 0 amide bonds. The van der Waals surface area contributed by atoms with E-state index in [2.05, 4.69) is 0 Å². The summed E-state index contributed by atoms with van der Waals surface area (Å²) in [6.45, 7) is 0.152. The van der Waals surface area contributed by atoms with Crippen LogP contribution in [0.2, 0.25) is 0 Å². The van der Waals surface area contributed by atoms with Gasteiger partial charge in [-0.15, -0.1) is 0 Å². The summed E-state index contributed by atoms with van der Waals surface area (Å²) in [5.74, 6) is 0.729. The lowest BCUT2D eigenvalue weighted by Gasteiger charge is -2.37. The van der Waals surface area contributed by atoms with Crippen LogP contribution in [0.4, 0.5) is 0 Å². The van der Waals surface area contributed by atoms with E-state index < -0.39 is 17.9 Å². The molecule has 31 heavy (non-hydrogen) atoms. The van der Waals surface area contributed by atoms with Gasteiger partial charge in [-0.25, -0.2) is 0 Å². The molecule has 0 bridgehead atoms. The van der Waals surface area contributed by atoms with Crippen molar-refractivity contribution in [2.75, 3.05) is 42.2 Å². The molecule has 1 N–H and O–H groups in total. The van der Waals surface area contributed by atoms with Gasteiger partial charge in [0.05, 0.1) is 54.2 Å². The van der Waals surface area contributed by atoms with Crippen LogP contribution in [0.3, 0.4) is 0 Å². The molecule has 0 aromatic heterocycles. The lowest BCUT2D eigenvalue weighted by molar-refractivity contribution is -0.141. The van der Waals surface area contributed by atoms with Crippen LogP contribution in [-0.4, -0.2) is 53.2 Å². The summed E-state index contributed by atoms with van der Waals surface area (Å²) in [7, 11) is 7.71. The number of esters is 1. The minimum atomic E-state index is -0.871. The Bertz CT molecular complexity index is 976. The van der Waals surface area contributed by atoms with E-state index in [4.69, 9.17) is 28.4 Å². The van der Waals surface area contributed by atoms with Crippen LogP contribution in [0.1, 0.15) is 28.7 Å². The molecule has 4 rings (SSSR count). The topological polar surface area (TPSA) is 92.7 Å². The second-order valence-corrected chi connectivity index (χ2v) is 7.54. The highest BCUT2D eigenvalue weighted by atomic mass is 16.5. The van der Waals surface area contributed by atoms with Crippen molar-refractivity contribution in [1.82, 2.24) is 0 Å². The molecule has 2 aromatic rings. The smallest absolute Gasteiger partial charge is 0.310 e. The second-order valence-electron chi connectivity index (χ2n) is 7.54. The van der Waals surface area contributed by atoms with E-state index in [9.17, 15) is 9.90 Å². The average Bonchev–Trinajstić information content (AvgIpc) is 3.19. The van der Waals surface area contributed by atoms with E-state index in [1.807, 2.05) is 18.2 Å². The van der Waals surface area contributed by atoms with Gasteiger partial charge < -0.3 is 33.5 Å². The monoisotopic (exact) mass is 430 g/mol. The first-order valence-electron chi connectivity index (χ1n) is 9.89. The van der Waals surface area contributed by atoms with E-state index in [1.165, 1.54) is 7.11 Å². The first kappa shape index (κ1) is 21.1. The first-order chi connectivity index (χ1) is 15.0. The molecular weight excluding hydrogens is 404 g/mol. The van der Waals surface area contributed by atoms with E-state index in [1.54, 1.807) is 34.5 Å². The summed E-state index contributed by atoms with van der Waals surface area (Å²) >= 11 is 0. The molecule has 2 aromatic carbocycles. The third-order valence-corrected chi connectivity index (χ3v) is 6.21. The van der Waals surface area contributed by atoms with Crippen LogP contribution in [0.5, 0.6) is 28.7 Å². The molecule has 0 saturated carbocycles. The molecular formula is C23H26O8. The Hall–Kier alpha value is -3.13. The number of carbonyl (C=O) groups excluding carboxylic acids is 1. The van der Waals surface area contributed by atoms with Crippen LogP contribution in [0, 0.1) is 11.8 Å². The van der Waals surface area contributed by atoms with Gasteiger partial charge >= 0.3 is 5.97 Å². The van der Waals surface area contributed by atoms with Crippen molar-refractivity contribution in [3.63, 3.8) is 0 Å². The van der Waals surface area contributed by atoms with Crippen LogP contribution in [0.25, 0.3) is 0 Å². The first-order valence-corrected chi connectivity index (χ1v) is 9.89. The molecule has 4 atom stereocenters. The van der Waals surface area contributed by atoms with E-state index >= 15 is 0 Å². The minimum absolute atomic E-state index is 0.152. The molecule has 1 aliphatic carbocycles. The Morgan fingerprint density at radius 3 is 1.87 bits per heavy atom. The lowest BCUT2D eigenvalue weighted by Crippen LogP contribution is -2.34. The summed E-state index contributed by atoms with van der Waals surface area (Å²) in [4.78, 5) is 12.8. The summed E-state index contributed by atoms with van der Waals surface area (Å²) in [6.07, 6.45) is -0.871. The van der Waals surface area contributed by atoms with Gasteiger partial charge in [-0.2, -0.15) is 0 Å². The Labute approximate surface area is 180 Å². The van der Waals surface area contributed by atoms with Gasteiger partial charge in [-0.05, 0) is 41.0 Å². The Morgan fingerprint density at radius 2 is 1.35 bits per heavy atom. The van der Waals surface area contributed by atoms with Crippen molar-refractivity contribution >= 4 is 5.97 Å². The normalized spacial score (nSPS) is 24.0. The fraction of sp³-hybridized carbons (Fsp3) is 0.435. The number of rotatable bonds is 6. The molecule has 8 nitrogen and oxygen atoms in total. The lowest BCUT2D eigenvalue weighted by atomic mass is 9.66. The predicted molar refractivity (Wildman–Crippen MR) is 110 cm³/mol. The van der Waals surface area contributed by atoms with Crippen LogP contribution in [0.15, 0.2) is 24.3 Å². The molecule has 0 spiro atoms. The molecule has 0 unspecified atom stereocenters. The van der Waals surface area contributed by atoms with Gasteiger partial charge in [0.2, 0.25) is 5.75 Å². The zero-order valence-corrected chi connectivity index (χ0v) is 18.1. The van der Waals surface area contributed by atoms with Gasteiger partial charge in [0.1, 0.15) is 0 Å². The van der Waals surface area contributed by atoms with Crippen LogP contribution < -0.4 is 23.7 Å². The summed E-state index contributed by atoms with van der Waals surface area (Å²) < 4.78 is 32.8. The number of methoxy groups -OCH3 is 5. The second kappa shape index (κ2) is 8.19. The summed E-state index contributed by atoms with van der Waals surface area (Å²) in [5.41, 5.74) is 2.22. The predicted octanol–water partition coefficient (Wildman–Crippen LogP) is 2.70. The molecule has 1 fully saturated rings. The van der Waals surface area contributed by atoms with Crippen LogP contribution >= 0.6 is 0 Å². The van der Waals surface area contributed by atoms with Crippen LogP contribution in [-0.2, 0) is 9.53 Å². The van der Waals surface area contributed by atoms with E-state index in [0.29, 0.717) is 34.3 Å². The van der Waals surface area contributed by atoms with Gasteiger partial charge in [0, 0.05) is 11.8 Å². The minimum Gasteiger partial charge on any atom is -0.493 e. The number of aliphatic hydroxyl groups excluding tert-OH is 1. The molecule has 2 aliphatic rings. The van der Waals surface area contributed by atoms with Crippen molar-refractivity contribution in [2.24, 2.45) is 11.8 Å². The number of ether oxygens (including phenoxy) is 6. The summed E-state index contributed by atoms with van der Waals surface area (Å²) in [5, 5.41) is 11.1. The average molecular weight is 430 g/mol. The van der Waals surface area contributed by atoms with Crippen molar-refractivity contribution in [3.05, 3.63) is 41.0 Å². The van der Waals surface area contributed by atoms with E-state index in [0.717, 1.165) is 11.1 Å². The molecule has 0 radical (unpaired) electrons. The fourth-order valence-electron chi connectivity index (χ4n) is 4.75. The number of aliphatic hydroxyl groups is 1. The highest BCUT2D eigenvalue weighted by Crippen LogP contribution is 2.55. The molecule has 1 aliphatic heterocycles. The zero-order chi connectivity index (χ0) is 22.3. The van der Waals surface area contributed by atoms with Crippen molar-refractivity contribution in [3.8, 4) is 28.7 Å². The standard InChI is InChI=1S/C23H26O8/c1-26-15-8-12-13(9-16(15)27-2)21(24)14-10-31-23(25)20(14)19(12)11-6-17(28-3)22(30-5)18(7-11)29-4/h6-9,14,19-21,24H,10H2,1-5H3/t14-,19+,20-,21-/m0/s1. The largest absolute Gasteiger partial charge is 0.493 e. The summed E-state index contributed by atoms with van der Waals surface area (Å²) in [6, 6.07) is 7.23. The number of carbonyl (C=O) groups is 1. The van der Waals surface area contributed by atoms with Gasteiger partial charge in [0.15, 0.2) is 23.0 Å². The molecule has 1 saturated heterocycles. The Balaban J connectivity index is 1.98. The van der Waals surface area contributed by atoms with Crippen molar-refractivity contribution in [1.29, 1.82) is 0 Å². The number of fused-ring (bicyclic) bond motifs is 2. The van der Waals surface area contributed by atoms with Gasteiger partial charge in [-0.1, -0.05) is 0 Å². The number of benzene rings is 2. The maximum Gasteiger partial charge on any atom is 0.310 e. The molecule has 8 heteroatoms. The maximum absolute atomic E-state index is 12.8. The van der Waals surface area contributed by atoms with E-state index in [-0.39, 0.29) is 18.5 Å². The highest BCUT2D eigenvalue weighted by molar-refractivity contribution is 5.79. The van der Waals surface area contributed by atoms with Crippen molar-refractivity contribution in [2.45, 2.75) is 12.0 Å². The van der Waals surface area contributed by atoms with Gasteiger partial charge in [-0.3, -0.25) is 4.79 Å². The zero-order valence-electron chi connectivity index (χ0n) is 18.1. The molecule has 166 valence electrons. The quantitative estimate of drug-likeness (QED) is 0.700. The third kappa shape index (κ3) is 3.22. The number of cyclic esters (lactones) is 1. The Morgan fingerprint density at radius 1 is 0.806 bits per heavy atom. The fourth-order valence-corrected chi connectivity index (χ4v) is 4.75. The SMILES string of the molecule is COc1cc2c(cc1OC)[C@H](O)[C@H]1COC(=O)[C@@H]1[C@@H]2c1cc(OC)c(OC)c(OC)c1. The number of hydrogen-bond acceptors (Lipinski definition) is 8. The number of hydrogen-bond donors (Lipinski definition) is 1. The highest BCUT2D eigenvalue weighted by Gasteiger charge is 2.52. The Kier molecular flexibility index (Phi) is 5.58. The molecule has 1 heterocycles. The van der Waals surface area contributed by atoms with Gasteiger partial charge in [0.25, 0.3) is 0 Å². The van der Waals surface area contributed by atoms with Crippen molar-refractivity contribution < 1.29 is 38.3 Å².